The maximum atomic E-state index is 12.9. The van der Waals surface area contributed by atoms with Gasteiger partial charge in [-0.15, -0.1) is 0 Å². The second-order valence-corrected chi connectivity index (χ2v) is 4.84. The van der Waals surface area contributed by atoms with Crippen LogP contribution < -0.4 is 5.73 Å². The summed E-state index contributed by atoms with van der Waals surface area (Å²) in [6, 6.07) is 2.74. The van der Waals surface area contributed by atoms with Crippen LogP contribution in [0.25, 0.3) is 0 Å². The maximum Gasteiger partial charge on any atom is 0.416 e. The fraction of sp³-hybridized carbons (Fsp3) is 0.500. The van der Waals surface area contributed by atoms with E-state index in [1.54, 1.807) is 13.8 Å². The number of nitrogens with two attached hydrogens (primary N) is 1. The molecule has 0 aromatic heterocycles. The van der Waals surface area contributed by atoms with Crippen LogP contribution in [0.5, 0.6) is 0 Å². The van der Waals surface area contributed by atoms with E-state index in [9.17, 15) is 17.6 Å². The van der Waals surface area contributed by atoms with Gasteiger partial charge in [-0.25, -0.2) is 4.39 Å². The summed E-state index contributed by atoms with van der Waals surface area (Å²) in [4.78, 5) is 0. The normalized spacial score (nSPS) is 12.9. The molecule has 0 aliphatic heterocycles. The summed E-state index contributed by atoms with van der Waals surface area (Å²) >= 11 is 0. The molecule has 1 aromatic carbocycles. The van der Waals surface area contributed by atoms with Crippen LogP contribution in [0.15, 0.2) is 18.2 Å². The molecule has 0 heterocycles. The second-order valence-electron chi connectivity index (χ2n) is 4.84. The Labute approximate surface area is 97.6 Å². The van der Waals surface area contributed by atoms with E-state index in [1.165, 1.54) is 6.07 Å². The lowest BCUT2D eigenvalue weighted by Crippen LogP contribution is -2.27. The van der Waals surface area contributed by atoms with E-state index in [1.807, 2.05) is 0 Å². The van der Waals surface area contributed by atoms with Gasteiger partial charge in [-0.2, -0.15) is 13.2 Å². The standard InChI is InChI=1S/C12H15F4N/c1-11(2,7-17)6-8-3-4-9(13)5-10(8)12(14,15)16/h3-5H,6-7,17H2,1-2H3. The zero-order valence-electron chi connectivity index (χ0n) is 9.74. The van der Waals surface area contributed by atoms with E-state index < -0.39 is 23.0 Å². The third-order valence-corrected chi connectivity index (χ3v) is 2.60. The molecule has 17 heavy (non-hydrogen) atoms. The van der Waals surface area contributed by atoms with Crippen LogP contribution in [0.1, 0.15) is 25.0 Å². The molecule has 1 rings (SSSR count). The minimum absolute atomic E-state index is 0.0781. The highest BCUT2D eigenvalue weighted by Gasteiger charge is 2.34. The van der Waals surface area contributed by atoms with Gasteiger partial charge in [-0.1, -0.05) is 19.9 Å². The Balaban J connectivity index is 3.16. The van der Waals surface area contributed by atoms with Crippen LogP contribution in [0, 0.1) is 11.2 Å². The first kappa shape index (κ1) is 14.0. The van der Waals surface area contributed by atoms with Gasteiger partial charge >= 0.3 is 6.18 Å². The van der Waals surface area contributed by atoms with Gasteiger partial charge in [-0.05, 0) is 36.1 Å². The lowest BCUT2D eigenvalue weighted by Gasteiger charge is -2.24. The predicted octanol–water partition coefficient (Wildman–Crippen LogP) is 3.37. The summed E-state index contributed by atoms with van der Waals surface area (Å²) in [7, 11) is 0. The summed E-state index contributed by atoms with van der Waals surface area (Å²) in [5.74, 6) is -0.883. The molecule has 0 spiro atoms. The molecule has 0 amide bonds. The molecule has 1 aromatic rings. The fourth-order valence-electron chi connectivity index (χ4n) is 1.55. The maximum absolute atomic E-state index is 12.9. The van der Waals surface area contributed by atoms with Crippen molar-refractivity contribution in [3.63, 3.8) is 0 Å². The van der Waals surface area contributed by atoms with Crippen molar-refractivity contribution in [3.8, 4) is 0 Å². The molecule has 0 bridgehead atoms. The van der Waals surface area contributed by atoms with E-state index >= 15 is 0 Å². The molecule has 5 heteroatoms. The van der Waals surface area contributed by atoms with Gasteiger partial charge in [0.15, 0.2) is 0 Å². The summed E-state index contributed by atoms with van der Waals surface area (Å²) in [6.07, 6.45) is -4.37. The van der Waals surface area contributed by atoms with E-state index in [2.05, 4.69) is 0 Å². The van der Waals surface area contributed by atoms with Crippen LogP contribution in [-0.4, -0.2) is 6.54 Å². The SMILES string of the molecule is CC(C)(CN)Cc1ccc(F)cc1C(F)(F)F. The van der Waals surface area contributed by atoms with Crippen molar-refractivity contribution in [2.75, 3.05) is 6.54 Å². The summed E-state index contributed by atoms with van der Waals surface area (Å²) in [6.45, 7) is 3.81. The van der Waals surface area contributed by atoms with Gasteiger partial charge in [0.25, 0.3) is 0 Å². The quantitative estimate of drug-likeness (QED) is 0.816. The molecule has 0 radical (unpaired) electrons. The summed E-state index contributed by atoms with van der Waals surface area (Å²) in [5, 5.41) is 0. The lowest BCUT2D eigenvalue weighted by molar-refractivity contribution is -0.138. The van der Waals surface area contributed by atoms with Crippen LogP contribution in [0.2, 0.25) is 0 Å². The smallest absolute Gasteiger partial charge is 0.330 e. The third kappa shape index (κ3) is 3.70. The molecule has 0 aliphatic rings. The molecule has 2 N–H and O–H groups in total. The minimum Gasteiger partial charge on any atom is -0.330 e. The molecule has 0 unspecified atom stereocenters. The Bertz CT molecular complexity index is 396. The summed E-state index contributed by atoms with van der Waals surface area (Å²) in [5.41, 5.74) is 4.20. The van der Waals surface area contributed by atoms with E-state index in [0.29, 0.717) is 6.07 Å². The highest BCUT2D eigenvalue weighted by atomic mass is 19.4. The van der Waals surface area contributed by atoms with Crippen LogP contribution in [0.4, 0.5) is 17.6 Å². The molecule has 1 nitrogen and oxygen atoms in total. The number of halogens is 4. The average molecular weight is 249 g/mol. The highest BCUT2D eigenvalue weighted by molar-refractivity contribution is 5.31. The fourth-order valence-corrected chi connectivity index (χ4v) is 1.55. The lowest BCUT2D eigenvalue weighted by atomic mass is 9.84. The molecule has 0 atom stereocenters. The molecule has 0 saturated heterocycles. The van der Waals surface area contributed by atoms with Crippen molar-refractivity contribution in [3.05, 3.63) is 35.1 Å². The van der Waals surface area contributed by atoms with Crippen LogP contribution in [0.3, 0.4) is 0 Å². The van der Waals surface area contributed by atoms with Crippen molar-refractivity contribution in [2.24, 2.45) is 11.1 Å². The first-order chi connectivity index (χ1) is 7.65. The molecule has 96 valence electrons. The van der Waals surface area contributed by atoms with Crippen molar-refractivity contribution in [1.82, 2.24) is 0 Å². The minimum atomic E-state index is -4.54. The monoisotopic (exact) mass is 249 g/mol. The van der Waals surface area contributed by atoms with Gasteiger partial charge in [-0.3, -0.25) is 0 Å². The number of alkyl halides is 3. The Kier molecular flexibility index (Phi) is 3.81. The first-order valence-electron chi connectivity index (χ1n) is 5.21. The van der Waals surface area contributed by atoms with E-state index in [0.717, 1.165) is 6.07 Å². The Hall–Kier alpha value is -1.10. The zero-order chi connectivity index (χ0) is 13.3. The van der Waals surface area contributed by atoms with Crippen molar-refractivity contribution in [2.45, 2.75) is 26.4 Å². The van der Waals surface area contributed by atoms with Crippen LogP contribution >= 0.6 is 0 Å². The van der Waals surface area contributed by atoms with Gasteiger partial charge in [0, 0.05) is 0 Å². The van der Waals surface area contributed by atoms with E-state index in [4.69, 9.17) is 5.73 Å². The second kappa shape index (κ2) is 4.64. The molecular formula is C12H15F4N. The molecule has 0 aliphatic carbocycles. The zero-order valence-corrected chi connectivity index (χ0v) is 9.74. The molecule has 0 saturated carbocycles. The van der Waals surface area contributed by atoms with E-state index in [-0.39, 0.29) is 18.5 Å². The Morgan fingerprint density at radius 3 is 2.24 bits per heavy atom. The van der Waals surface area contributed by atoms with Crippen molar-refractivity contribution >= 4 is 0 Å². The largest absolute Gasteiger partial charge is 0.416 e. The third-order valence-electron chi connectivity index (χ3n) is 2.60. The predicted molar refractivity (Wildman–Crippen MR) is 57.9 cm³/mol. The molecule has 0 fully saturated rings. The summed E-state index contributed by atoms with van der Waals surface area (Å²) < 4.78 is 51.0. The van der Waals surface area contributed by atoms with Gasteiger partial charge in [0.2, 0.25) is 0 Å². The number of hydrogen-bond donors (Lipinski definition) is 1. The van der Waals surface area contributed by atoms with Gasteiger partial charge in [0.1, 0.15) is 5.82 Å². The van der Waals surface area contributed by atoms with Crippen molar-refractivity contribution in [1.29, 1.82) is 0 Å². The Morgan fingerprint density at radius 2 is 1.76 bits per heavy atom. The van der Waals surface area contributed by atoms with Gasteiger partial charge in [0.05, 0.1) is 5.56 Å². The topological polar surface area (TPSA) is 26.0 Å². The average Bonchev–Trinajstić information content (AvgIpc) is 2.19. The van der Waals surface area contributed by atoms with Crippen molar-refractivity contribution < 1.29 is 17.6 Å². The number of rotatable bonds is 3. The van der Waals surface area contributed by atoms with Gasteiger partial charge < -0.3 is 5.73 Å². The highest BCUT2D eigenvalue weighted by Crippen LogP contribution is 2.35. The molecular weight excluding hydrogens is 234 g/mol. The Morgan fingerprint density at radius 1 is 1.18 bits per heavy atom. The first-order valence-corrected chi connectivity index (χ1v) is 5.21. The van der Waals surface area contributed by atoms with Crippen LogP contribution in [-0.2, 0) is 12.6 Å². The number of hydrogen-bond acceptors (Lipinski definition) is 1. The number of benzene rings is 1.